The first kappa shape index (κ1) is 23.1. The van der Waals surface area contributed by atoms with Gasteiger partial charge in [0.2, 0.25) is 5.91 Å². The minimum atomic E-state index is -0.671. The molecular formula is C21H34N4O4. The van der Waals surface area contributed by atoms with Gasteiger partial charge in [0.25, 0.3) is 0 Å². The lowest BCUT2D eigenvalue weighted by molar-refractivity contribution is -0.133. The second-order valence-electron chi connectivity index (χ2n) is 8.29. The predicted octanol–water partition coefficient (Wildman–Crippen LogP) is 2.05. The third kappa shape index (κ3) is 8.79. The molecule has 0 aromatic carbocycles. The Kier molecular flexibility index (Phi) is 8.85. The zero-order valence-corrected chi connectivity index (χ0v) is 18.0. The molecule has 1 fully saturated rings. The fraction of sp³-hybridized carbons (Fsp3) is 0.667. The van der Waals surface area contributed by atoms with Crippen molar-refractivity contribution in [3.05, 3.63) is 30.1 Å². The van der Waals surface area contributed by atoms with E-state index >= 15 is 0 Å². The van der Waals surface area contributed by atoms with Crippen molar-refractivity contribution in [1.82, 2.24) is 20.1 Å². The summed E-state index contributed by atoms with van der Waals surface area (Å²) >= 11 is 0. The Bertz CT molecular complexity index is 642. The quantitative estimate of drug-likeness (QED) is 0.711. The van der Waals surface area contributed by atoms with Gasteiger partial charge in [-0.15, -0.1) is 0 Å². The van der Waals surface area contributed by atoms with Gasteiger partial charge in [-0.1, -0.05) is 0 Å². The monoisotopic (exact) mass is 406 g/mol. The van der Waals surface area contributed by atoms with Crippen LogP contribution in [-0.2, 0) is 20.8 Å². The van der Waals surface area contributed by atoms with Crippen LogP contribution in [0.1, 0.15) is 39.7 Å². The normalized spacial score (nSPS) is 16.1. The van der Waals surface area contributed by atoms with Crippen molar-refractivity contribution in [3.8, 4) is 0 Å². The van der Waals surface area contributed by atoms with E-state index in [4.69, 9.17) is 9.47 Å². The molecular weight excluding hydrogens is 372 g/mol. The second-order valence-corrected chi connectivity index (χ2v) is 8.29. The van der Waals surface area contributed by atoms with E-state index in [9.17, 15) is 9.59 Å². The van der Waals surface area contributed by atoms with Gasteiger partial charge >= 0.3 is 6.09 Å². The van der Waals surface area contributed by atoms with E-state index < -0.39 is 17.7 Å². The summed E-state index contributed by atoms with van der Waals surface area (Å²) in [4.78, 5) is 33.3. The van der Waals surface area contributed by atoms with Gasteiger partial charge in [0.1, 0.15) is 11.6 Å². The van der Waals surface area contributed by atoms with Crippen LogP contribution in [0.15, 0.2) is 24.5 Å². The Morgan fingerprint density at radius 2 is 1.93 bits per heavy atom. The number of ether oxygens (including phenoxy) is 2. The molecule has 1 atom stereocenters. The van der Waals surface area contributed by atoms with Crippen molar-refractivity contribution in [1.29, 1.82) is 0 Å². The molecule has 0 bridgehead atoms. The summed E-state index contributed by atoms with van der Waals surface area (Å²) in [5.41, 5.74) is 0.394. The van der Waals surface area contributed by atoms with E-state index in [-0.39, 0.29) is 5.91 Å². The number of nitrogens with zero attached hydrogens (tertiary/aromatic N) is 3. The Morgan fingerprint density at radius 1 is 1.28 bits per heavy atom. The zero-order valence-electron chi connectivity index (χ0n) is 18.0. The van der Waals surface area contributed by atoms with Gasteiger partial charge in [-0.3, -0.25) is 14.7 Å². The summed E-state index contributed by atoms with van der Waals surface area (Å²) < 4.78 is 10.7. The molecule has 1 aliphatic heterocycles. The molecule has 0 spiro atoms. The highest BCUT2D eigenvalue weighted by Gasteiger charge is 2.25. The van der Waals surface area contributed by atoms with Gasteiger partial charge in [0, 0.05) is 45.1 Å². The van der Waals surface area contributed by atoms with Gasteiger partial charge < -0.3 is 19.7 Å². The average molecular weight is 407 g/mol. The standard InChI is InChI=1S/C21H34N4O4/c1-17(23-20(27)29-21(2,3)4)19(26)25(16-18-6-8-22-9-7-18)11-5-10-24-12-14-28-15-13-24/h6-9,17H,5,10-16H2,1-4H3,(H,23,27)/t17-/m1/s1. The lowest BCUT2D eigenvalue weighted by Gasteiger charge is -2.30. The predicted molar refractivity (Wildman–Crippen MR) is 110 cm³/mol. The van der Waals surface area contributed by atoms with E-state index in [1.807, 2.05) is 12.1 Å². The molecule has 162 valence electrons. The van der Waals surface area contributed by atoms with Crippen molar-refractivity contribution in [2.24, 2.45) is 0 Å². The summed E-state index contributed by atoms with van der Waals surface area (Å²) in [6, 6.07) is 3.12. The first-order chi connectivity index (χ1) is 13.7. The molecule has 2 heterocycles. The van der Waals surface area contributed by atoms with E-state index in [0.717, 1.165) is 44.8 Å². The van der Waals surface area contributed by atoms with Gasteiger partial charge in [-0.05, 0) is 51.8 Å². The lowest BCUT2D eigenvalue weighted by Crippen LogP contribution is -2.48. The first-order valence-electron chi connectivity index (χ1n) is 10.2. The molecule has 2 amide bonds. The number of alkyl carbamates (subject to hydrolysis) is 1. The molecule has 1 saturated heterocycles. The minimum Gasteiger partial charge on any atom is -0.444 e. The van der Waals surface area contributed by atoms with Crippen LogP contribution >= 0.6 is 0 Å². The van der Waals surface area contributed by atoms with Crippen molar-refractivity contribution < 1.29 is 19.1 Å². The molecule has 8 heteroatoms. The molecule has 1 aromatic heterocycles. The maximum absolute atomic E-state index is 13.0. The van der Waals surface area contributed by atoms with Crippen LogP contribution in [-0.4, -0.2) is 77.8 Å². The molecule has 0 radical (unpaired) electrons. The number of hydrogen-bond acceptors (Lipinski definition) is 6. The van der Waals surface area contributed by atoms with Crippen molar-refractivity contribution in [2.75, 3.05) is 39.4 Å². The number of rotatable bonds is 8. The molecule has 0 aliphatic carbocycles. The molecule has 1 aromatic rings. The van der Waals surface area contributed by atoms with Crippen molar-refractivity contribution >= 4 is 12.0 Å². The van der Waals surface area contributed by atoms with E-state index in [0.29, 0.717) is 13.1 Å². The van der Waals surface area contributed by atoms with Gasteiger partial charge in [0.15, 0.2) is 0 Å². The number of amides is 2. The Hall–Kier alpha value is -2.19. The van der Waals surface area contributed by atoms with E-state index in [1.165, 1.54) is 0 Å². The van der Waals surface area contributed by atoms with Crippen LogP contribution in [0.25, 0.3) is 0 Å². The molecule has 1 N–H and O–H groups in total. The molecule has 29 heavy (non-hydrogen) atoms. The maximum atomic E-state index is 13.0. The Labute approximate surface area is 173 Å². The summed E-state index contributed by atoms with van der Waals surface area (Å²) in [5.74, 6) is -0.130. The zero-order chi connectivity index (χ0) is 21.3. The third-order valence-electron chi connectivity index (χ3n) is 4.54. The van der Waals surface area contributed by atoms with Crippen molar-refractivity contribution in [3.63, 3.8) is 0 Å². The largest absolute Gasteiger partial charge is 0.444 e. The van der Waals surface area contributed by atoms with Crippen LogP contribution in [0.2, 0.25) is 0 Å². The number of aromatic nitrogens is 1. The van der Waals surface area contributed by atoms with Crippen LogP contribution in [0.4, 0.5) is 4.79 Å². The van der Waals surface area contributed by atoms with Gasteiger partial charge in [-0.25, -0.2) is 4.79 Å². The topological polar surface area (TPSA) is 84.0 Å². The number of morpholine rings is 1. The molecule has 0 saturated carbocycles. The highest BCUT2D eigenvalue weighted by atomic mass is 16.6. The van der Waals surface area contributed by atoms with E-state index in [2.05, 4.69) is 15.2 Å². The summed E-state index contributed by atoms with van der Waals surface area (Å²) in [6.07, 6.45) is 3.70. The fourth-order valence-electron chi connectivity index (χ4n) is 3.11. The second kappa shape index (κ2) is 11.1. The summed E-state index contributed by atoms with van der Waals surface area (Å²) in [6.45, 7) is 12.4. The Balaban J connectivity index is 1.94. The third-order valence-corrected chi connectivity index (χ3v) is 4.54. The number of pyridine rings is 1. The SMILES string of the molecule is C[C@@H](NC(=O)OC(C)(C)C)C(=O)N(CCCN1CCOCC1)Cc1ccncc1. The van der Waals surface area contributed by atoms with Crippen LogP contribution in [0, 0.1) is 0 Å². The fourth-order valence-corrected chi connectivity index (χ4v) is 3.11. The summed E-state index contributed by atoms with van der Waals surface area (Å²) in [5, 5.41) is 2.65. The highest BCUT2D eigenvalue weighted by molar-refractivity contribution is 5.85. The minimum absolute atomic E-state index is 0.130. The molecule has 8 nitrogen and oxygen atoms in total. The van der Waals surface area contributed by atoms with Crippen LogP contribution < -0.4 is 5.32 Å². The Morgan fingerprint density at radius 3 is 2.55 bits per heavy atom. The summed E-state index contributed by atoms with van der Waals surface area (Å²) in [7, 11) is 0. The molecule has 0 unspecified atom stereocenters. The molecule has 1 aliphatic rings. The number of carbonyl (C=O) groups excluding carboxylic acids is 2. The van der Waals surface area contributed by atoms with Gasteiger partial charge in [-0.2, -0.15) is 0 Å². The van der Waals surface area contributed by atoms with Crippen LogP contribution in [0.3, 0.4) is 0 Å². The van der Waals surface area contributed by atoms with Gasteiger partial charge in [0.05, 0.1) is 13.2 Å². The molecule has 2 rings (SSSR count). The van der Waals surface area contributed by atoms with Crippen molar-refractivity contribution in [2.45, 2.75) is 52.3 Å². The highest BCUT2D eigenvalue weighted by Crippen LogP contribution is 2.10. The first-order valence-corrected chi connectivity index (χ1v) is 10.2. The number of nitrogens with one attached hydrogen (secondary N) is 1. The number of hydrogen-bond donors (Lipinski definition) is 1. The van der Waals surface area contributed by atoms with E-state index in [1.54, 1.807) is 45.0 Å². The smallest absolute Gasteiger partial charge is 0.408 e. The maximum Gasteiger partial charge on any atom is 0.408 e. The number of carbonyl (C=O) groups is 2. The van der Waals surface area contributed by atoms with Crippen LogP contribution in [0.5, 0.6) is 0 Å². The average Bonchev–Trinajstić information content (AvgIpc) is 2.66. The lowest BCUT2D eigenvalue weighted by atomic mass is 10.2.